The molecule has 72 valence electrons. The average molecular weight is 209 g/mol. The number of nitrogens with one attached hydrogen (secondary N) is 1. The fraction of sp³-hybridized carbons (Fsp3) is 0.100. The van der Waals surface area contributed by atoms with E-state index in [2.05, 4.69) is 9.97 Å². The van der Waals surface area contributed by atoms with Crippen LogP contribution in [0.5, 0.6) is 5.75 Å². The van der Waals surface area contributed by atoms with Gasteiger partial charge in [-0.05, 0) is 18.2 Å². The monoisotopic (exact) mass is 208 g/mol. The minimum absolute atomic E-state index is 0.424. The smallest absolute Gasteiger partial charge is 0.146 e. The summed E-state index contributed by atoms with van der Waals surface area (Å²) in [5, 5.41) is 0.668. The number of benzene rings is 1. The number of halogens is 1. The quantitative estimate of drug-likeness (QED) is 0.842. The third-order valence-corrected chi connectivity index (χ3v) is 1.96. The first-order valence-corrected chi connectivity index (χ1v) is 4.59. The molecule has 0 radical (unpaired) electrons. The SMILES string of the molecule is Clc1cccc(OCc2ncc[nH]2)c1. The predicted molar refractivity (Wildman–Crippen MR) is 54.4 cm³/mol. The van der Waals surface area contributed by atoms with Crippen molar-refractivity contribution in [2.45, 2.75) is 6.61 Å². The molecule has 0 spiro atoms. The largest absolute Gasteiger partial charge is 0.486 e. The van der Waals surface area contributed by atoms with Crippen LogP contribution < -0.4 is 4.74 Å². The van der Waals surface area contributed by atoms with Crippen LogP contribution in [0.25, 0.3) is 0 Å². The Kier molecular flexibility index (Phi) is 2.70. The summed E-state index contributed by atoms with van der Waals surface area (Å²) in [7, 11) is 0. The number of imidazole rings is 1. The van der Waals surface area contributed by atoms with Gasteiger partial charge in [0, 0.05) is 17.4 Å². The van der Waals surface area contributed by atoms with Crippen LogP contribution in [0.4, 0.5) is 0 Å². The molecule has 0 bridgehead atoms. The number of hydrogen-bond acceptors (Lipinski definition) is 2. The fourth-order valence-electron chi connectivity index (χ4n) is 1.09. The number of hydrogen-bond donors (Lipinski definition) is 1. The minimum Gasteiger partial charge on any atom is -0.486 e. The molecule has 1 aromatic carbocycles. The molecule has 2 rings (SSSR count). The van der Waals surface area contributed by atoms with Gasteiger partial charge in [-0.25, -0.2) is 4.98 Å². The molecule has 0 saturated carbocycles. The lowest BCUT2D eigenvalue weighted by molar-refractivity contribution is 0.297. The summed E-state index contributed by atoms with van der Waals surface area (Å²) in [5.41, 5.74) is 0. The Morgan fingerprint density at radius 3 is 3.07 bits per heavy atom. The summed E-state index contributed by atoms with van der Waals surface area (Å²) in [6.45, 7) is 0.424. The van der Waals surface area contributed by atoms with Crippen LogP contribution in [0, 0.1) is 0 Å². The normalized spacial score (nSPS) is 10.1. The van der Waals surface area contributed by atoms with Crippen molar-refractivity contribution in [2.24, 2.45) is 0 Å². The molecular weight excluding hydrogens is 200 g/mol. The van der Waals surface area contributed by atoms with Crippen molar-refractivity contribution in [1.82, 2.24) is 9.97 Å². The molecule has 14 heavy (non-hydrogen) atoms. The van der Waals surface area contributed by atoms with E-state index in [1.807, 2.05) is 12.1 Å². The Bertz CT molecular complexity index is 400. The van der Waals surface area contributed by atoms with Gasteiger partial charge in [-0.1, -0.05) is 17.7 Å². The van der Waals surface area contributed by atoms with Crippen molar-refractivity contribution in [2.75, 3.05) is 0 Å². The van der Waals surface area contributed by atoms with Gasteiger partial charge in [0.25, 0.3) is 0 Å². The van der Waals surface area contributed by atoms with E-state index in [0.717, 1.165) is 11.6 Å². The van der Waals surface area contributed by atoms with Crippen LogP contribution >= 0.6 is 11.6 Å². The highest BCUT2D eigenvalue weighted by molar-refractivity contribution is 6.30. The van der Waals surface area contributed by atoms with E-state index in [1.54, 1.807) is 24.5 Å². The van der Waals surface area contributed by atoms with Gasteiger partial charge >= 0.3 is 0 Å². The highest BCUT2D eigenvalue weighted by Gasteiger charge is 1.97. The average Bonchev–Trinajstić information content (AvgIpc) is 2.67. The second-order valence-corrected chi connectivity index (χ2v) is 3.22. The zero-order chi connectivity index (χ0) is 9.80. The lowest BCUT2D eigenvalue weighted by atomic mass is 10.3. The lowest BCUT2D eigenvalue weighted by Crippen LogP contribution is -1.96. The van der Waals surface area contributed by atoms with Crippen LogP contribution in [0.3, 0.4) is 0 Å². The van der Waals surface area contributed by atoms with Gasteiger partial charge in [0.1, 0.15) is 18.2 Å². The maximum absolute atomic E-state index is 5.80. The molecular formula is C10H9ClN2O. The topological polar surface area (TPSA) is 37.9 Å². The molecule has 0 aliphatic heterocycles. The zero-order valence-corrected chi connectivity index (χ0v) is 8.16. The van der Waals surface area contributed by atoms with E-state index in [4.69, 9.17) is 16.3 Å². The standard InChI is InChI=1S/C10H9ClN2O/c11-8-2-1-3-9(6-8)14-7-10-12-4-5-13-10/h1-6H,7H2,(H,12,13). The number of rotatable bonds is 3. The fourth-order valence-corrected chi connectivity index (χ4v) is 1.27. The molecule has 2 aromatic rings. The van der Waals surface area contributed by atoms with Gasteiger partial charge in [-0.2, -0.15) is 0 Å². The second-order valence-electron chi connectivity index (χ2n) is 2.78. The molecule has 4 heteroatoms. The summed E-state index contributed by atoms with van der Waals surface area (Å²) < 4.78 is 5.45. The van der Waals surface area contributed by atoms with Crippen molar-refractivity contribution in [1.29, 1.82) is 0 Å². The van der Waals surface area contributed by atoms with Gasteiger partial charge in [-0.3, -0.25) is 0 Å². The number of aromatic amines is 1. The summed E-state index contributed by atoms with van der Waals surface area (Å²) in [4.78, 5) is 6.99. The Balaban J connectivity index is 1.98. The van der Waals surface area contributed by atoms with Crippen molar-refractivity contribution in [3.8, 4) is 5.75 Å². The number of ether oxygens (including phenoxy) is 1. The Morgan fingerprint density at radius 1 is 1.43 bits per heavy atom. The van der Waals surface area contributed by atoms with Crippen LogP contribution in [-0.2, 0) is 6.61 Å². The molecule has 0 amide bonds. The molecule has 1 N–H and O–H groups in total. The first kappa shape index (κ1) is 9.09. The minimum atomic E-state index is 0.424. The van der Waals surface area contributed by atoms with Crippen molar-refractivity contribution in [3.63, 3.8) is 0 Å². The molecule has 1 aromatic heterocycles. The summed E-state index contributed by atoms with van der Waals surface area (Å²) in [6.07, 6.45) is 3.45. The van der Waals surface area contributed by atoms with Crippen LogP contribution in [0.1, 0.15) is 5.82 Å². The molecule has 0 aliphatic rings. The predicted octanol–water partition coefficient (Wildman–Crippen LogP) is 2.64. The molecule has 0 fully saturated rings. The Labute approximate surface area is 86.7 Å². The van der Waals surface area contributed by atoms with E-state index in [1.165, 1.54) is 0 Å². The van der Waals surface area contributed by atoms with E-state index in [-0.39, 0.29) is 0 Å². The van der Waals surface area contributed by atoms with Gasteiger partial charge < -0.3 is 9.72 Å². The van der Waals surface area contributed by atoms with E-state index in [9.17, 15) is 0 Å². The summed E-state index contributed by atoms with van der Waals surface area (Å²) in [6, 6.07) is 7.28. The van der Waals surface area contributed by atoms with Gasteiger partial charge in [0.15, 0.2) is 0 Å². The first-order chi connectivity index (χ1) is 6.84. The molecule has 0 aliphatic carbocycles. The molecule has 3 nitrogen and oxygen atoms in total. The van der Waals surface area contributed by atoms with E-state index >= 15 is 0 Å². The van der Waals surface area contributed by atoms with Crippen molar-refractivity contribution >= 4 is 11.6 Å². The number of H-pyrrole nitrogens is 1. The molecule has 0 unspecified atom stereocenters. The molecule has 0 atom stereocenters. The maximum Gasteiger partial charge on any atom is 0.146 e. The molecule has 1 heterocycles. The third-order valence-electron chi connectivity index (χ3n) is 1.73. The van der Waals surface area contributed by atoms with E-state index < -0.39 is 0 Å². The second kappa shape index (κ2) is 4.15. The van der Waals surface area contributed by atoms with Crippen molar-refractivity contribution < 1.29 is 4.74 Å². The maximum atomic E-state index is 5.80. The van der Waals surface area contributed by atoms with Crippen LogP contribution in [0.2, 0.25) is 5.02 Å². The van der Waals surface area contributed by atoms with Gasteiger partial charge in [0.05, 0.1) is 0 Å². The Hall–Kier alpha value is -1.48. The van der Waals surface area contributed by atoms with Crippen LogP contribution in [0.15, 0.2) is 36.7 Å². The first-order valence-electron chi connectivity index (χ1n) is 4.21. The number of nitrogens with zero attached hydrogens (tertiary/aromatic N) is 1. The lowest BCUT2D eigenvalue weighted by Gasteiger charge is -2.03. The summed E-state index contributed by atoms with van der Waals surface area (Å²) in [5.74, 6) is 1.54. The number of aromatic nitrogens is 2. The van der Waals surface area contributed by atoms with E-state index in [0.29, 0.717) is 11.6 Å². The highest BCUT2D eigenvalue weighted by Crippen LogP contribution is 2.17. The van der Waals surface area contributed by atoms with Crippen LogP contribution in [-0.4, -0.2) is 9.97 Å². The Morgan fingerprint density at radius 2 is 2.36 bits per heavy atom. The molecule has 0 saturated heterocycles. The van der Waals surface area contributed by atoms with Gasteiger partial charge in [0.2, 0.25) is 0 Å². The van der Waals surface area contributed by atoms with Gasteiger partial charge in [-0.15, -0.1) is 0 Å². The third kappa shape index (κ3) is 2.26. The van der Waals surface area contributed by atoms with Crippen molar-refractivity contribution in [3.05, 3.63) is 47.5 Å². The zero-order valence-electron chi connectivity index (χ0n) is 7.40. The summed E-state index contributed by atoms with van der Waals surface area (Å²) >= 11 is 5.80. The highest BCUT2D eigenvalue weighted by atomic mass is 35.5.